The number of fused-ring (bicyclic) bond motifs is 1. The van der Waals surface area contributed by atoms with Crippen LogP contribution < -0.4 is 0 Å². The fraction of sp³-hybridized carbons (Fsp3) is 1.00. The minimum absolute atomic E-state index is 0.561. The van der Waals surface area contributed by atoms with Crippen molar-refractivity contribution in [2.75, 3.05) is 13.7 Å². The summed E-state index contributed by atoms with van der Waals surface area (Å²) in [5, 5.41) is 0. The molecular weight excluding hydrogens is 196 g/mol. The van der Waals surface area contributed by atoms with Gasteiger partial charge in [-0.15, -0.1) is 0 Å². The molecular formula is C15H28O. The van der Waals surface area contributed by atoms with Gasteiger partial charge in [0.1, 0.15) is 0 Å². The number of rotatable bonds is 2. The van der Waals surface area contributed by atoms with E-state index in [9.17, 15) is 0 Å². The van der Waals surface area contributed by atoms with Gasteiger partial charge < -0.3 is 4.74 Å². The summed E-state index contributed by atoms with van der Waals surface area (Å²) in [4.78, 5) is 0. The molecule has 2 aliphatic rings. The quantitative estimate of drug-likeness (QED) is 0.685. The fourth-order valence-electron chi connectivity index (χ4n) is 4.74. The molecule has 0 bridgehead atoms. The van der Waals surface area contributed by atoms with Gasteiger partial charge in [-0.25, -0.2) is 0 Å². The SMILES string of the molecule is COCC1C(C)CCC2C(C)CCCC21C. The first-order valence-corrected chi connectivity index (χ1v) is 7.08. The Bertz CT molecular complexity index is 238. The molecule has 5 atom stereocenters. The predicted octanol–water partition coefficient (Wildman–Crippen LogP) is 4.12. The third-order valence-electron chi connectivity index (χ3n) is 5.72. The summed E-state index contributed by atoms with van der Waals surface area (Å²) in [6.07, 6.45) is 7.19. The predicted molar refractivity (Wildman–Crippen MR) is 68.4 cm³/mol. The van der Waals surface area contributed by atoms with Crippen LogP contribution >= 0.6 is 0 Å². The molecule has 0 N–H and O–H groups in total. The second-order valence-electron chi connectivity index (χ2n) is 6.60. The average Bonchev–Trinajstić information content (AvgIpc) is 2.23. The summed E-state index contributed by atoms with van der Waals surface area (Å²) in [5.41, 5.74) is 0.561. The minimum atomic E-state index is 0.561. The Kier molecular flexibility index (Phi) is 3.63. The van der Waals surface area contributed by atoms with Crippen molar-refractivity contribution in [2.45, 2.75) is 52.9 Å². The van der Waals surface area contributed by atoms with Crippen molar-refractivity contribution in [3.8, 4) is 0 Å². The van der Waals surface area contributed by atoms with Crippen LogP contribution in [0.5, 0.6) is 0 Å². The summed E-state index contributed by atoms with van der Waals surface area (Å²) in [7, 11) is 1.87. The molecule has 2 rings (SSSR count). The van der Waals surface area contributed by atoms with Crippen molar-refractivity contribution in [1.29, 1.82) is 0 Å². The van der Waals surface area contributed by atoms with Crippen LogP contribution in [-0.2, 0) is 4.74 Å². The first-order valence-electron chi connectivity index (χ1n) is 7.08. The van der Waals surface area contributed by atoms with Crippen molar-refractivity contribution in [3.63, 3.8) is 0 Å². The zero-order valence-electron chi connectivity index (χ0n) is 11.5. The maximum Gasteiger partial charge on any atom is 0.0498 e. The molecule has 0 spiro atoms. The van der Waals surface area contributed by atoms with Gasteiger partial charge in [-0.05, 0) is 41.9 Å². The lowest BCUT2D eigenvalue weighted by Crippen LogP contribution is -2.49. The smallest absolute Gasteiger partial charge is 0.0498 e. The van der Waals surface area contributed by atoms with Gasteiger partial charge in [0.2, 0.25) is 0 Å². The van der Waals surface area contributed by atoms with Crippen LogP contribution in [0.25, 0.3) is 0 Å². The highest BCUT2D eigenvalue weighted by Crippen LogP contribution is 2.56. The Hall–Kier alpha value is -0.0400. The summed E-state index contributed by atoms with van der Waals surface area (Å²) in [6, 6.07) is 0. The van der Waals surface area contributed by atoms with E-state index in [1.807, 2.05) is 7.11 Å². The first-order chi connectivity index (χ1) is 7.59. The molecule has 0 saturated heterocycles. The molecule has 0 aliphatic heterocycles. The molecule has 0 aromatic rings. The lowest BCUT2D eigenvalue weighted by molar-refractivity contribution is -0.0830. The van der Waals surface area contributed by atoms with E-state index in [2.05, 4.69) is 20.8 Å². The van der Waals surface area contributed by atoms with Crippen LogP contribution in [0.2, 0.25) is 0 Å². The van der Waals surface area contributed by atoms with E-state index in [4.69, 9.17) is 4.74 Å². The zero-order chi connectivity index (χ0) is 11.8. The monoisotopic (exact) mass is 224 g/mol. The Labute approximate surface area is 101 Å². The largest absolute Gasteiger partial charge is 0.384 e. The van der Waals surface area contributed by atoms with Gasteiger partial charge in [0, 0.05) is 13.7 Å². The normalized spacial score (nSPS) is 48.8. The van der Waals surface area contributed by atoms with E-state index in [0.717, 1.165) is 30.3 Å². The van der Waals surface area contributed by atoms with Gasteiger partial charge >= 0.3 is 0 Å². The van der Waals surface area contributed by atoms with Crippen LogP contribution in [-0.4, -0.2) is 13.7 Å². The second kappa shape index (κ2) is 4.68. The average molecular weight is 224 g/mol. The summed E-state index contributed by atoms with van der Waals surface area (Å²) >= 11 is 0. The summed E-state index contributed by atoms with van der Waals surface area (Å²) in [5.74, 6) is 3.54. The zero-order valence-corrected chi connectivity index (χ0v) is 11.5. The van der Waals surface area contributed by atoms with E-state index < -0.39 is 0 Å². The van der Waals surface area contributed by atoms with Gasteiger partial charge in [0.25, 0.3) is 0 Å². The van der Waals surface area contributed by atoms with E-state index in [1.54, 1.807) is 0 Å². The number of hydrogen-bond donors (Lipinski definition) is 0. The minimum Gasteiger partial charge on any atom is -0.384 e. The molecule has 0 aromatic heterocycles. The maximum atomic E-state index is 5.50. The maximum absolute atomic E-state index is 5.50. The number of methoxy groups -OCH3 is 1. The van der Waals surface area contributed by atoms with Crippen molar-refractivity contribution in [1.82, 2.24) is 0 Å². The van der Waals surface area contributed by atoms with Gasteiger partial charge in [-0.1, -0.05) is 40.0 Å². The first kappa shape index (κ1) is 12.4. The molecule has 0 heterocycles. The molecule has 0 aromatic carbocycles. The van der Waals surface area contributed by atoms with E-state index in [-0.39, 0.29) is 0 Å². The van der Waals surface area contributed by atoms with Gasteiger partial charge in [0.15, 0.2) is 0 Å². The van der Waals surface area contributed by atoms with Crippen molar-refractivity contribution in [2.24, 2.45) is 29.1 Å². The fourth-order valence-corrected chi connectivity index (χ4v) is 4.74. The van der Waals surface area contributed by atoms with Crippen LogP contribution in [0.4, 0.5) is 0 Å². The van der Waals surface area contributed by atoms with Crippen LogP contribution in [0, 0.1) is 29.1 Å². The highest BCUT2D eigenvalue weighted by molar-refractivity contribution is 4.98. The third-order valence-corrected chi connectivity index (χ3v) is 5.72. The number of ether oxygens (including phenoxy) is 1. The molecule has 2 aliphatic carbocycles. The van der Waals surface area contributed by atoms with Gasteiger partial charge in [-0.2, -0.15) is 0 Å². The molecule has 0 amide bonds. The Morgan fingerprint density at radius 2 is 1.88 bits per heavy atom. The standard InChI is InChI=1S/C15H28O/c1-11-6-5-9-15(3)13(11)8-7-12(2)14(15)10-16-4/h11-14H,5-10H2,1-4H3. The van der Waals surface area contributed by atoms with Gasteiger partial charge in [-0.3, -0.25) is 0 Å². The molecule has 0 radical (unpaired) electrons. The highest BCUT2D eigenvalue weighted by atomic mass is 16.5. The molecule has 94 valence electrons. The van der Waals surface area contributed by atoms with Crippen molar-refractivity contribution < 1.29 is 4.74 Å². The molecule has 16 heavy (non-hydrogen) atoms. The molecule has 2 fully saturated rings. The second-order valence-corrected chi connectivity index (χ2v) is 6.60. The van der Waals surface area contributed by atoms with Gasteiger partial charge in [0.05, 0.1) is 0 Å². The molecule has 1 nitrogen and oxygen atoms in total. The lowest BCUT2D eigenvalue weighted by Gasteiger charge is -2.55. The van der Waals surface area contributed by atoms with E-state index in [0.29, 0.717) is 5.41 Å². The Morgan fingerprint density at radius 1 is 1.12 bits per heavy atom. The summed E-state index contributed by atoms with van der Waals surface area (Å²) < 4.78 is 5.50. The van der Waals surface area contributed by atoms with Crippen LogP contribution in [0.1, 0.15) is 52.9 Å². The third kappa shape index (κ3) is 1.92. The number of hydrogen-bond acceptors (Lipinski definition) is 1. The Balaban J connectivity index is 2.21. The van der Waals surface area contributed by atoms with Crippen molar-refractivity contribution >= 4 is 0 Å². The topological polar surface area (TPSA) is 9.23 Å². The highest BCUT2D eigenvalue weighted by Gasteiger charge is 2.49. The molecule has 5 unspecified atom stereocenters. The van der Waals surface area contributed by atoms with Crippen LogP contribution in [0.3, 0.4) is 0 Å². The Morgan fingerprint density at radius 3 is 2.56 bits per heavy atom. The van der Waals surface area contributed by atoms with Crippen molar-refractivity contribution in [3.05, 3.63) is 0 Å². The van der Waals surface area contributed by atoms with Crippen LogP contribution in [0.15, 0.2) is 0 Å². The lowest BCUT2D eigenvalue weighted by atomic mass is 9.50. The van der Waals surface area contributed by atoms with E-state index >= 15 is 0 Å². The summed E-state index contributed by atoms with van der Waals surface area (Å²) in [6.45, 7) is 8.43. The molecule has 2 saturated carbocycles. The molecule has 1 heteroatoms. The van der Waals surface area contributed by atoms with E-state index in [1.165, 1.54) is 32.1 Å².